The average molecular weight is 325 g/mol. The number of rotatable bonds is 6. The van der Waals surface area contributed by atoms with Crippen LogP contribution in [0.2, 0.25) is 5.02 Å². The van der Waals surface area contributed by atoms with Gasteiger partial charge in [0.1, 0.15) is 10.8 Å². The molecule has 2 rings (SSSR count). The molecule has 0 fully saturated rings. The van der Waals surface area contributed by atoms with Gasteiger partial charge in [0.2, 0.25) is 0 Å². The van der Waals surface area contributed by atoms with Crippen LogP contribution >= 0.6 is 23.4 Å². The summed E-state index contributed by atoms with van der Waals surface area (Å²) in [4.78, 5) is 5.24. The van der Waals surface area contributed by atoms with E-state index in [0.29, 0.717) is 5.02 Å². The fraction of sp³-hybridized carbons (Fsp3) is 0.312. The van der Waals surface area contributed by atoms with Crippen molar-refractivity contribution in [3.63, 3.8) is 0 Å². The maximum Gasteiger partial charge on any atom is 0.123 e. The molecule has 112 valence electrons. The number of hydrogen-bond donors (Lipinski definition) is 1. The van der Waals surface area contributed by atoms with Gasteiger partial charge < -0.3 is 5.32 Å². The normalized spacial score (nSPS) is 12.4. The number of benzene rings is 1. The van der Waals surface area contributed by atoms with Gasteiger partial charge in [-0.1, -0.05) is 30.3 Å². The van der Waals surface area contributed by atoms with Crippen molar-refractivity contribution < 1.29 is 4.39 Å². The number of nitrogens with zero attached hydrogens (tertiary/aromatic N) is 1. The summed E-state index contributed by atoms with van der Waals surface area (Å²) in [5.74, 6) is -0.230. The van der Waals surface area contributed by atoms with Gasteiger partial charge in [-0.05, 0) is 55.8 Å². The molecule has 2 aromatic rings. The lowest BCUT2D eigenvalue weighted by atomic mass is 10.1. The summed E-state index contributed by atoms with van der Waals surface area (Å²) in [6.07, 6.45) is 2.74. The van der Waals surface area contributed by atoms with Crippen LogP contribution in [0.3, 0.4) is 0 Å². The molecule has 0 saturated carbocycles. The van der Waals surface area contributed by atoms with Gasteiger partial charge in [0.15, 0.2) is 0 Å². The Hall–Kier alpha value is -1.10. The maximum atomic E-state index is 13.6. The third-order valence-electron chi connectivity index (χ3n) is 3.07. The van der Waals surface area contributed by atoms with Gasteiger partial charge in [-0.2, -0.15) is 0 Å². The van der Waals surface area contributed by atoms with Crippen molar-refractivity contribution in [1.29, 1.82) is 0 Å². The Bertz CT molecular complexity index is 607. The van der Waals surface area contributed by atoms with Gasteiger partial charge in [0, 0.05) is 17.1 Å². The molecule has 0 saturated heterocycles. The second-order valence-corrected chi connectivity index (χ2v) is 6.19. The molecule has 1 unspecified atom stereocenters. The monoisotopic (exact) mass is 324 g/mol. The lowest BCUT2D eigenvalue weighted by molar-refractivity contribution is 0.554. The summed E-state index contributed by atoms with van der Waals surface area (Å²) in [6, 6.07) is 8.50. The molecule has 0 aliphatic carbocycles. The van der Waals surface area contributed by atoms with E-state index < -0.39 is 0 Å². The second kappa shape index (κ2) is 7.78. The van der Waals surface area contributed by atoms with E-state index in [1.54, 1.807) is 30.5 Å². The molecule has 0 radical (unpaired) electrons. The van der Waals surface area contributed by atoms with Crippen LogP contribution in [0.1, 0.15) is 31.9 Å². The minimum absolute atomic E-state index is 0.0747. The summed E-state index contributed by atoms with van der Waals surface area (Å²) in [5, 5.41) is 4.72. The molecule has 0 aliphatic heterocycles. The zero-order chi connectivity index (χ0) is 15.2. The second-order valence-electron chi connectivity index (χ2n) is 4.75. The minimum Gasteiger partial charge on any atom is -0.310 e. The van der Waals surface area contributed by atoms with E-state index in [2.05, 4.69) is 17.2 Å². The lowest BCUT2D eigenvalue weighted by Crippen LogP contribution is -2.20. The van der Waals surface area contributed by atoms with Crippen LogP contribution in [0.4, 0.5) is 4.39 Å². The van der Waals surface area contributed by atoms with E-state index >= 15 is 0 Å². The molecule has 1 heterocycles. The molecule has 1 aromatic carbocycles. The minimum atomic E-state index is -0.230. The zero-order valence-electron chi connectivity index (χ0n) is 12.1. The predicted molar refractivity (Wildman–Crippen MR) is 86.5 cm³/mol. The van der Waals surface area contributed by atoms with Gasteiger partial charge >= 0.3 is 0 Å². The highest BCUT2D eigenvalue weighted by atomic mass is 35.5. The van der Waals surface area contributed by atoms with Gasteiger partial charge in [0.25, 0.3) is 0 Å². The number of aromatic nitrogens is 1. The maximum absolute atomic E-state index is 13.6. The Morgan fingerprint density at radius 2 is 2.19 bits per heavy atom. The Morgan fingerprint density at radius 1 is 1.38 bits per heavy atom. The Labute approximate surface area is 134 Å². The fourth-order valence-corrected chi connectivity index (χ4v) is 3.19. The van der Waals surface area contributed by atoms with E-state index in [0.717, 1.165) is 28.5 Å². The Kier molecular flexibility index (Phi) is 6.03. The smallest absolute Gasteiger partial charge is 0.123 e. The number of halogens is 2. The van der Waals surface area contributed by atoms with Gasteiger partial charge in [0.05, 0.1) is 5.02 Å². The van der Waals surface area contributed by atoms with Crippen LogP contribution < -0.4 is 5.32 Å². The van der Waals surface area contributed by atoms with E-state index in [4.69, 9.17) is 11.6 Å². The van der Waals surface area contributed by atoms with Crippen LogP contribution in [0.5, 0.6) is 0 Å². The number of nitrogens with one attached hydrogen (secondary N) is 1. The molecule has 21 heavy (non-hydrogen) atoms. The standard InChI is InChI=1S/C16H18ClFN2S/c1-3-8-19-11(2)13-10-12(18)6-7-15(13)21-16-14(17)5-4-9-20-16/h4-7,9-11,19H,3,8H2,1-2H3. The summed E-state index contributed by atoms with van der Waals surface area (Å²) in [6.45, 7) is 5.04. The van der Waals surface area contributed by atoms with Crippen molar-refractivity contribution in [3.8, 4) is 0 Å². The molecule has 0 amide bonds. The van der Waals surface area contributed by atoms with Crippen molar-refractivity contribution in [1.82, 2.24) is 10.3 Å². The molecule has 0 bridgehead atoms. The first kappa shape index (κ1) is 16.3. The van der Waals surface area contributed by atoms with Gasteiger partial charge in [-0.25, -0.2) is 9.37 Å². The molecular weight excluding hydrogens is 307 g/mol. The van der Waals surface area contributed by atoms with Crippen molar-refractivity contribution in [2.75, 3.05) is 6.54 Å². The van der Waals surface area contributed by atoms with Crippen molar-refractivity contribution in [3.05, 3.63) is 52.9 Å². The van der Waals surface area contributed by atoms with Crippen molar-refractivity contribution >= 4 is 23.4 Å². The molecule has 2 nitrogen and oxygen atoms in total. The van der Waals surface area contributed by atoms with Crippen molar-refractivity contribution in [2.24, 2.45) is 0 Å². The molecule has 5 heteroatoms. The fourth-order valence-electron chi connectivity index (χ4n) is 1.97. The summed E-state index contributed by atoms with van der Waals surface area (Å²) in [5.41, 5.74) is 0.926. The largest absolute Gasteiger partial charge is 0.310 e. The SMILES string of the molecule is CCCNC(C)c1cc(F)ccc1Sc1ncccc1Cl. The number of pyridine rings is 1. The Morgan fingerprint density at radius 3 is 2.90 bits per heavy atom. The van der Waals surface area contributed by atoms with E-state index in [1.807, 2.05) is 6.92 Å². The molecular formula is C16H18ClFN2S. The number of hydrogen-bond acceptors (Lipinski definition) is 3. The van der Waals surface area contributed by atoms with Crippen LogP contribution in [0.25, 0.3) is 0 Å². The van der Waals surface area contributed by atoms with Crippen LogP contribution in [-0.2, 0) is 0 Å². The van der Waals surface area contributed by atoms with E-state index in [-0.39, 0.29) is 11.9 Å². The molecule has 0 aliphatic rings. The molecule has 1 aromatic heterocycles. The highest BCUT2D eigenvalue weighted by molar-refractivity contribution is 7.99. The summed E-state index contributed by atoms with van der Waals surface area (Å²) in [7, 11) is 0. The quantitative estimate of drug-likeness (QED) is 0.801. The molecule has 1 N–H and O–H groups in total. The van der Waals surface area contributed by atoms with Crippen LogP contribution in [0, 0.1) is 5.82 Å². The third kappa shape index (κ3) is 4.43. The molecule has 1 atom stereocenters. The van der Waals surface area contributed by atoms with E-state index in [9.17, 15) is 4.39 Å². The zero-order valence-corrected chi connectivity index (χ0v) is 13.6. The Balaban J connectivity index is 2.28. The van der Waals surface area contributed by atoms with Crippen molar-refractivity contribution in [2.45, 2.75) is 36.2 Å². The topological polar surface area (TPSA) is 24.9 Å². The molecule has 0 spiro atoms. The first-order chi connectivity index (χ1) is 10.1. The highest BCUT2D eigenvalue weighted by Gasteiger charge is 2.14. The average Bonchev–Trinajstić information content (AvgIpc) is 2.48. The predicted octanol–water partition coefficient (Wildman–Crippen LogP) is 5.09. The van der Waals surface area contributed by atoms with E-state index in [1.165, 1.54) is 17.8 Å². The summed E-state index contributed by atoms with van der Waals surface area (Å²) >= 11 is 7.61. The van der Waals surface area contributed by atoms with Crippen LogP contribution in [0.15, 0.2) is 46.5 Å². The first-order valence-electron chi connectivity index (χ1n) is 6.93. The first-order valence-corrected chi connectivity index (χ1v) is 8.12. The van der Waals surface area contributed by atoms with Crippen LogP contribution in [-0.4, -0.2) is 11.5 Å². The highest BCUT2D eigenvalue weighted by Crippen LogP contribution is 2.35. The third-order valence-corrected chi connectivity index (χ3v) is 4.60. The lowest BCUT2D eigenvalue weighted by Gasteiger charge is -2.17. The van der Waals surface area contributed by atoms with Gasteiger partial charge in [-0.15, -0.1) is 0 Å². The van der Waals surface area contributed by atoms with Gasteiger partial charge in [-0.3, -0.25) is 0 Å². The summed E-state index contributed by atoms with van der Waals surface area (Å²) < 4.78 is 13.6.